The Labute approximate surface area is 49.0 Å². The van der Waals surface area contributed by atoms with Crippen molar-refractivity contribution in [2.45, 2.75) is 0 Å². The molecule has 6 heavy (non-hydrogen) atoms. The van der Waals surface area contributed by atoms with Crippen LogP contribution in [0.25, 0.3) is 0 Å². The molecular formula is CH3BLiN3. The second-order valence-corrected chi connectivity index (χ2v) is 0.696. The van der Waals surface area contributed by atoms with Crippen LogP contribution >= 0.6 is 0 Å². The smallest absolute Gasteiger partial charge is 0.545 e. The third kappa shape index (κ3) is 1.51. The maximum Gasteiger partial charge on any atom is 1.00 e. The van der Waals surface area contributed by atoms with Gasteiger partial charge in [0.15, 0.2) is 0 Å². The minimum Gasteiger partial charge on any atom is -0.545 e. The Hall–Kier alpha value is 0.0923. The summed E-state index contributed by atoms with van der Waals surface area (Å²) in [6.45, 7) is 0. The van der Waals surface area contributed by atoms with E-state index in [1.54, 1.807) is 13.9 Å². The first-order valence-electron chi connectivity index (χ1n) is 1.34. The number of hydrogen-bond acceptors (Lipinski definition) is 3. The SMILES string of the molecule is [B-]1N=CNN1.[Li+]. The molecule has 26 valence electrons. The van der Waals surface area contributed by atoms with Crippen LogP contribution in [0.15, 0.2) is 4.90 Å². The van der Waals surface area contributed by atoms with Gasteiger partial charge < -0.3 is 15.7 Å². The van der Waals surface area contributed by atoms with Gasteiger partial charge in [-0.25, -0.2) is 0 Å². The predicted molar refractivity (Wildman–Crippen MR) is 20.5 cm³/mol. The van der Waals surface area contributed by atoms with E-state index >= 15 is 0 Å². The first kappa shape index (κ1) is 6.09. The summed E-state index contributed by atoms with van der Waals surface area (Å²) >= 11 is 0. The molecular weight excluding hydrogens is 71.8 g/mol. The van der Waals surface area contributed by atoms with Crippen molar-refractivity contribution in [3.05, 3.63) is 0 Å². The summed E-state index contributed by atoms with van der Waals surface area (Å²) < 4.78 is 0. The molecule has 1 aliphatic rings. The van der Waals surface area contributed by atoms with Crippen LogP contribution in [0, 0.1) is 0 Å². The molecule has 3 nitrogen and oxygen atoms in total. The zero-order chi connectivity index (χ0) is 3.54. The molecule has 0 fully saturated rings. The van der Waals surface area contributed by atoms with Crippen molar-refractivity contribution in [2.24, 2.45) is 4.90 Å². The summed E-state index contributed by atoms with van der Waals surface area (Å²) in [6.07, 6.45) is 1.57. The van der Waals surface area contributed by atoms with Crippen LogP contribution in [-0.4, -0.2) is 13.9 Å². The summed E-state index contributed by atoms with van der Waals surface area (Å²) in [6, 6.07) is 0. The van der Waals surface area contributed by atoms with Gasteiger partial charge in [0.2, 0.25) is 0 Å². The molecule has 0 bridgehead atoms. The molecule has 0 aromatic rings. The van der Waals surface area contributed by atoms with E-state index in [0.29, 0.717) is 0 Å². The van der Waals surface area contributed by atoms with Crippen LogP contribution in [0.5, 0.6) is 0 Å². The van der Waals surface area contributed by atoms with E-state index in [1.807, 2.05) is 0 Å². The average molecular weight is 74.8 g/mol. The van der Waals surface area contributed by atoms with Crippen LogP contribution < -0.4 is 29.6 Å². The van der Waals surface area contributed by atoms with Gasteiger partial charge in [-0.3, -0.25) is 0 Å². The third-order valence-electron chi connectivity index (χ3n) is 0.362. The van der Waals surface area contributed by atoms with Gasteiger partial charge in [-0.15, -0.1) is 0 Å². The van der Waals surface area contributed by atoms with Crippen LogP contribution in [0.3, 0.4) is 0 Å². The summed E-state index contributed by atoms with van der Waals surface area (Å²) in [5.41, 5.74) is 2.62. The van der Waals surface area contributed by atoms with Crippen LogP contribution in [0.2, 0.25) is 0 Å². The summed E-state index contributed by atoms with van der Waals surface area (Å²) in [7, 11) is 1.57. The maximum atomic E-state index is 3.61. The zero-order valence-electron chi connectivity index (χ0n) is 3.60. The fourth-order valence-corrected chi connectivity index (χ4v) is 0.186. The van der Waals surface area contributed by atoms with E-state index in [0.717, 1.165) is 0 Å². The second kappa shape index (κ2) is 3.29. The minimum atomic E-state index is 0. The van der Waals surface area contributed by atoms with Crippen molar-refractivity contribution in [1.82, 2.24) is 10.8 Å². The summed E-state index contributed by atoms with van der Waals surface area (Å²) in [5, 5.41) is 2.62. The quantitative estimate of drug-likeness (QED) is 0.285. The van der Waals surface area contributed by atoms with Crippen molar-refractivity contribution in [3.8, 4) is 0 Å². The van der Waals surface area contributed by atoms with Crippen molar-refractivity contribution in [1.29, 1.82) is 0 Å². The molecule has 1 rings (SSSR count). The van der Waals surface area contributed by atoms with Gasteiger partial charge >= 0.3 is 18.9 Å². The Balaban J connectivity index is 0.000000250. The largest absolute Gasteiger partial charge is 1.00 e. The van der Waals surface area contributed by atoms with Gasteiger partial charge in [0.1, 0.15) is 0 Å². The number of hydrazine groups is 1. The van der Waals surface area contributed by atoms with Crippen molar-refractivity contribution in [2.75, 3.05) is 0 Å². The van der Waals surface area contributed by atoms with E-state index in [2.05, 4.69) is 15.7 Å². The van der Waals surface area contributed by atoms with E-state index in [-0.39, 0.29) is 18.9 Å². The molecule has 0 amide bonds. The molecule has 1 heterocycles. The summed E-state index contributed by atoms with van der Waals surface area (Å²) in [5.74, 6) is 0. The third-order valence-corrected chi connectivity index (χ3v) is 0.362. The van der Waals surface area contributed by atoms with Gasteiger partial charge in [0, 0.05) is 6.34 Å². The van der Waals surface area contributed by atoms with Crippen molar-refractivity contribution in [3.63, 3.8) is 0 Å². The molecule has 0 aliphatic carbocycles. The van der Waals surface area contributed by atoms with Gasteiger partial charge in [0.05, 0.1) is 0 Å². The standard InChI is InChI=1S/CH3BN3.Li/c1-3-2-5-4-1;/h1,5H,(H,3,4);/q-1;+1. The maximum absolute atomic E-state index is 3.61. The van der Waals surface area contributed by atoms with Gasteiger partial charge in [-0.05, 0) is 0 Å². The number of rotatable bonds is 0. The van der Waals surface area contributed by atoms with Crippen LogP contribution in [-0.2, 0) is 0 Å². The second-order valence-electron chi connectivity index (χ2n) is 0.696. The molecule has 2 N–H and O–H groups in total. The average Bonchev–Trinajstić information content (AvgIpc) is 1.76. The number of nitrogens with one attached hydrogen (secondary N) is 2. The molecule has 2 radical (unpaired) electrons. The zero-order valence-corrected chi connectivity index (χ0v) is 3.60. The molecule has 0 aromatic carbocycles. The van der Waals surface area contributed by atoms with E-state index < -0.39 is 0 Å². The van der Waals surface area contributed by atoms with Gasteiger partial charge in [-0.1, -0.05) is 7.55 Å². The predicted octanol–water partition coefficient (Wildman–Crippen LogP) is -4.34. The molecule has 0 aromatic heterocycles. The first-order valence-corrected chi connectivity index (χ1v) is 1.34. The van der Waals surface area contributed by atoms with Gasteiger partial charge in [-0.2, -0.15) is 0 Å². The summed E-state index contributed by atoms with van der Waals surface area (Å²) in [4.78, 5) is 3.61. The molecule has 1 aliphatic heterocycles. The molecule has 0 unspecified atom stereocenters. The molecule has 0 saturated heterocycles. The Morgan fingerprint density at radius 3 is 2.67 bits per heavy atom. The molecule has 0 spiro atoms. The van der Waals surface area contributed by atoms with Crippen LogP contribution in [0.1, 0.15) is 0 Å². The number of nitrogens with zero attached hydrogens (tertiary/aromatic N) is 1. The molecule has 0 atom stereocenters. The monoisotopic (exact) mass is 75.1 g/mol. The van der Waals surface area contributed by atoms with E-state index in [9.17, 15) is 0 Å². The van der Waals surface area contributed by atoms with Crippen molar-refractivity contribution < 1.29 is 18.9 Å². The first-order chi connectivity index (χ1) is 2.50. The van der Waals surface area contributed by atoms with Crippen LogP contribution in [0.4, 0.5) is 0 Å². The van der Waals surface area contributed by atoms with Crippen molar-refractivity contribution >= 4 is 13.9 Å². The normalized spacial score (nSPS) is 16.0. The minimum absolute atomic E-state index is 0. The Kier molecular flexibility index (Phi) is 3.34. The molecule has 5 heteroatoms. The molecule has 0 saturated carbocycles. The topological polar surface area (TPSA) is 36.4 Å². The van der Waals surface area contributed by atoms with E-state index in [1.165, 1.54) is 0 Å². The fourth-order valence-electron chi connectivity index (χ4n) is 0.186. The Morgan fingerprint density at radius 1 is 1.67 bits per heavy atom. The van der Waals surface area contributed by atoms with Gasteiger partial charge in [0.25, 0.3) is 0 Å². The van der Waals surface area contributed by atoms with E-state index in [4.69, 9.17) is 0 Å². The Bertz CT molecular complexity index is 48.8. The Morgan fingerprint density at radius 2 is 2.50 bits per heavy atom. The number of hydrogen-bond donors (Lipinski definition) is 2. The fraction of sp³-hybridized carbons (Fsp3) is 0.